The van der Waals surface area contributed by atoms with Crippen molar-refractivity contribution in [3.8, 4) is 0 Å². The summed E-state index contributed by atoms with van der Waals surface area (Å²) in [5.41, 5.74) is 1.86. The van der Waals surface area contributed by atoms with Crippen molar-refractivity contribution in [2.45, 2.75) is 26.2 Å². The van der Waals surface area contributed by atoms with E-state index in [1.807, 2.05) is 36.9 Å². The highest BCUT2D eigenvalue weighted by molar-refractivity contribution is 9.10. The fourth-order valence-corrected chi connectivity index (χ4v) is 2.46. The first-order chi connectivity index (χ1) is 8.65. The Hall–Kier alpha value is -0.480. The molecule has 0 saturated carbocycles. The summed E-state index contributed by atoms with van der Waals surface area (Å²) in [6, 6.07) is 5.69. The largest absolute Gasteiger partial charge is 0.352 e. The molecule has 0 bridgehead atoms. The zero-order chi connectivity index (χ0) is 13.4. The van der Waals surface area contributed by atoms with Crippen LogP contribution in [0.2, 0.25) is 0 Å². The van der Waals surface area contributed by atoms with Crippen LogP contribution in [0.3, 0.4) is 0 Å². The predicted molar refractivity (Wildman–Crippen MR) is 83.4 cm³/mol. The van der Waals surface area contributed by atoms with Crippen LogP contribution < -0.4 is 5.32 Å². The van der Waals surface area contributed by atoms with Crippen LogP contribution in [0, 0.1) is 6.92 Å². The van der Waals surface area contributed by atoms with Crippen LogP contribution in [-0.2, 0) is 0 Å². The maximum Gasteiger partial charge on any atom is 0.251 e. The third-order valence-corrected chi connectivity index (χ3v) is 4.30. The van der Waals surface area contributed by atoms with Crippen LogP contribution in [0.1, 0.15) is 35.2 Å². The first kappa shape index (κ1) is 15.6. The second-order valence-electron chi connectivity index (χ2n) is 4.27. The molecule has 0 spiro atoms. The van der Waals surface area contributed by atoms with E-state index < -0.39 is 0 Å². The van der Waals surface area contributed by atoms with Crippen molar-refractivity contribution in [3.63, 3.8) is 0 Å². The average molecular weight is 330 g/mol. The third-order valence-electron chi connectivity index (χ3n) is 2.74. The van der Waals surface area contributed by atoms with Gasteiger partial charge in [-0.2, -0.15) is 11.8 Å². The van der Waals surface area contributed by atoms with Crippen molar-refractivity contribution in [2.75, 3.05) is 18.6 Å². The van der Waals surface area contributed by atoms with Gasteiger partial charge in [0.1, 0.15) is 0 Å². The number of hydrogen-bond donors (Lipinski definition) is 1. The van der Waals surface area contributed by atoms with Gasteiger partial charge in [0.15, 0.2) is 0 Å². The molecular weight excluding hydrogens is 310 g/mol. The summed E-state index contributed by atoms with van der Waals surface area (Å²) in [6.45, 7) is 2.77. The molecule has 2 nitrogen and oxygen atoms in total. The van der Waals surface area contributed by atoms with E-state index in [1.54, 1.807) is 0 Å². The molecule has 1 amide bonds. The molecule has 0 unspecified atom stereocenters. The molecule has 100 valence electrons. The molecule has 0 aliphatic carbocycles. The molecule has 0 atom stereocenters. The summed E-state index contributed by atoms with van der Waals surface area (Å²) < 4.78 is 0.982. The van der Waals surface area contributed by atoms with Crippen molar-refractivity contribution in [1.29, 1.82) is 0 Å². The standard InChI is InChI=1S/C14H20BrNOS/c1-11-6-7-12(10-13(11)15)14(17)16-8-4-3-5-9-18-2/h6-7,10H,3-5,8-9H2,1-2H3,(H,16,17). The van der Waals surface area contributed by atoms with Crippen LogP contribution in [-0.4, -0.2) is 24.5 Å². The molecule has 0 saturated heterocycles. The fraction of sp³-hybridized carbons (Fsp3) is 0.500. The van der Waals surface area contributed by atoms with Crippen LogP contribution >= 0.6 is 27.7 Å². The highest BCUT2D eigenvalue weighted by Gasteiger charge is 2.06. The number of carbonyl (C=O) groups excluding carboxylic acids is 1. The van der Waals surface area contributed by atoms with Gasteiger partial charge < -0.3 is 5.32 Å². The SMILES string of the molecule is CSCCCCCNC(=O)c1ccc(C)c(Br)c1. The predicted octanol–water partition coefficient (Wildman–Crippen LogP) is 4.02. The average Bonchev–Trinajstić information content (AvgIpc) is 2.36. The number of amides is 1. The monoisotopic (exact) mass is 329 g/mol. The lowest BCUT2D eigenvalue weighted by Gasteiger charge is -2.06. The van der Waals surface area contributed by atoms with Gasteiger partial charge in [-0.1, -0.05) is 28.4 Å². The number of hydrogen-bond acceptors (Lipinski definition) is 2. The van der Waals surface area contributed by atoms with E-state index in [0.717, 1.165) is 28.6 Å². The van der Waals surface area contributed by atoms with E-state index in [1.165, 1.54) is 18.6 Å². The van der Waals surface area contributed by atoms with Gasteiger partial charge >= 0.3 is 0 Å². The number of thioether (sulfide) groups is 1. The van der Waals surface area contributed by atoms with Gasteiger partial charge in [0.2, 0.25) is 0 Å². The van der Waals surface area contributed by atoms with E-state index in [2.05, 4.69) is 27.5 Å². The summed E-state index contributed by atoms with van der Waals surface area (Å²) in [7, 11) is 0. The highest BCUT2D eigenvalue weighted by Crippen LogP contribution is 2.17. The molecule has 1 aromatic carbocycles. The van der Waals surface area contributed by atoms with E-state index in [0.29, 0.717) is 0 Å². The number of halogens is 1. The van der Waals surface area contributed by atoms with E-state index in [4.69, 9.17) is 0 Å². The summed E-state index contributed by atoms with van der Waals surface area (Å²) in [5, 5.41) is 2.96. The van der Waals surface area contributed by atoms with Gasteiger partial charge in [-0.25, -0.2) is 0 Å². The molecule has 0 aliphatic rings. The maximum absolute atomic E-state index is 11.9. The number of benzene rings is 1. The quantitative estimate of drug-likeness (QED) is 0.765. The van der Waals surface area contributed by atoms with E-state index in [9.17, 15) is 4.79 Å². The first-order valence-corrected chi connectivity index (χ1v) is 8.37. The lowest BCUT2D eigenvalue weighted by Crippen LogP contribution is -2.24. The number of unbranched alkanes of at least 4 members (excludes halogenated alkanes) is 2. The lowest BCUT2D eigenvalue weighted by atomic mass is 10.1. The fourth-order valence-electron chi connectivity index (χ4n) is 1.59. The minimum absolute atomic E-state index is 0.0144. The Balaban J connectivity index is 2.30. The number of rotatable bonds is 7. The Labute approximate surface area is 122 Å². The molecule has 0 aromatic heterocycles. The second-order valence-corrected chi connectivity index (χ2v) is 6.11. The van der Waals surface area contributed by atoms with Crippen molar-refractivity contribution < 1.29 is 4.79 Å². The number of aryl methyl sites for hydroxylation is 1. The topological polar surface area (TPSA) is 29.1 Å². The maximum atomic E-state index is 11.9. The molecule has 0 heterocycles. The van der Waals surface area contributed by atoms with Crippen LogP contribution in [0.4, 0.5) is 0 Å². The van der Waals surface area contributed by atoms with Crippen molar-refractivity contribution in [2.24, 2.45) is 0 Å². The van der Waals surface area contributed by atoms with Gasteiger partial charge in [0.25, 0.3) is 5.91 Å². The summed E-state index contributed by atoms with van der Waals surface area (Å²) in [6.07, 6.45) is 5.59. The van der Waals surface area contributed by atoms with Crippen molar-refractivity contribution in [1.82, 2.24) is 5.32 Å². The molecule has 4 heteroatoms. The van der Waals surface area contributed by atoms with Crippen LogP contribution in [0.5, 0.6) is 0 Å². The molecule has 1 rings (SSSR count). The first-order valence-electron chi connectivity index (χ1n) is 6.18. The molecule has 0 fully saturated rings. The van der Waals surface area contributed by atoms with E-state index >= 15 is 0 Å². The zero-order valence-corrected chi connectivity index (χ0v) is 13.4. The Kier molecular flexibility index (Phi) is 7.44. The van der Waals surface area contributed by atoms with Crippen molar-refractivity contribution in [3.05, 3.63) is 33.8 Å². The lowest BCUT2D eigenvalue weighted by molar-refractivity contribution is 0.0953. The van der Waals surface area contributed by atoms with Crippen LogP contribution in [0.15, 0.2) is 22.7 Å². The third kappa shape index (κ3) is 5.44. The number of nitrogens with one attached hydrogen (secondary N) is 1. The Morgan fingerprint density at radius 2 is 2.11 bits per heavy atom. The van der Waals surface area contributed by atoms with E-state index in [-0.39, 0.29) is 5.91 Å². The second kappa shape index (κ2) is 8.59. The number of carbonyl (C=O) groups is 1. The van der Waals surface area contributed by atoms with Gasteiger partial charge in [-0.15, -0.1) is 0 Å². The molecule has 0 radical (unpaired) electrons. The van der Waals surface area contributed by atoms with Gasteiger partial charge in [-0.05, 0) is 49.5 Å². The van der Waals surface area contributed by atoms with Gasteiger partial charge in [0, 0.05) is 16.6 Å². The van der Waals surface area contributed by atoms with Crippen molar-refractivity contribution >= 4 is 33.6 Å². The molecular formula is C14H20BrNOS. The summed E-state index contributed by atoms with van der Waals surface area (Å²) in [5.74, 6) is 1.22. The Bertz CT molecular complexity index is 395. The van der Waals surface area contributed by atoms with Crippen LogP contribution in [0.25, 0.3) is 0 Å². The van der Waals surface area contributed by atoms with Gasteiger partial charge in [0.05, 0.1) is 0 Å². The summed E-state index contributed by atoms with van der Waals surface area (Å²) in [4.78, 5) is 11.9. The van der Waals surface area contributed by atoms with Gasteiger partial charge in [-0.3, -0.25) is 4.79 Å². The normalized spacial score (nSPS) is 10.4. The highest BCUT2D eigenvalue weighted by atomic mass is 79.9. The molecule has 1 N–H and O–H groups in total. The Morgan fingerprint density at radius 3 is 2.78 bits per heavy atom. The molecule has 0 aliphatic heterocycles. The zero-order valence-electron chi connectivity index (χ0n) is 11.0. The summed E-state index contributed by atoms with van der Waals surface area (Å²) >= 11 is 5.32. The minimum atomic E-state index is 0.0144. The molecule has 18 heavy (non-hydrogen) atoms. The minimum Gasteiger partial charge on any atom is -0.352 e. The molecule has 1 aromatic rings. The smallest absolute Gasteiger partial charge is 0.251 e. The Morgan fingerprint density at radius 1 is 1.33 bits per heavy atom.